The van der Waals surface area contributed by atoms with E-state index in [-0.39, 0.29) is 0 Å². The van der Waals surface area contributed by atoms with Gasteiger partial charge in [0.25, 0.3) is 0 Å². The molecular formula is C19H19N5O. The van der Waals surface area contributed by atoms with Crippen LogP contribution in [0.25, 0.3) is 32.6 Å². The Kier molecular flexibility index (Phi) is 4.03. The van der Waals surface area contributed by atoms with Crippen molar-refractivity contribution in [2.45, 2.75) is 0 Å². The third-order valence-electron chi connectivity index (χ3n) is 4.19. The molecule has 1 heterocycles. The standard InChI is InChI=1S/C19H19N5O/c1-20-11-12-25-23-17-13-7-3-5-9-15(13)18-19(22-24(2)21-18)16-10-6-4-8-14(16)17/h3-10,20H,11-12H2,1-2H3. The summed E-state index contributed by atoms with van der Waals surface area (Å²) in [6, 6.07) is 16.2. The van der Waals surface area contributed by atoms with Crippen molar-refractivity contribution in [2.75, 3.05) is 20.2 Å². The summed E-state index contributed by atoms with van der Waals surface area (Å²) in [5.41, 5.74) is 1.73. The maximum Gasteiger partial charge on any atom is 0.129 e. The van der Waals surface area contributed by atoms with Crippen molar-refractivity contribution in [3.8, 4) is 0 Å². The van der Waals surface area contributed by atoms with Gasteiger partial charge in [-0.1, -0.05) is 53.7 Å². The van der Waals surface area contributed by atoms with Crippen LogP contribution < -0.4 is 10.7 Å². The molecule has 0 aliphatic heterocycles. The van der Waals surface area contributed by atoms with E-state index in [1.54, 1.807) is 4.80 Å². The molecule has 6 heteroatoms. The summed E-state index contributed by atoms with van der Waals surface area (Å²) in [6.45, 7) is 1.25. The first kappa shape index (κ1) is 15.5. The lowest BCUT2D eigenvalue weighted by Gasteiger charge is -1.99. The van der Waals surface area contributed by atoms with E-state index in [2.05, 4.69) is 44.9 Å². The van der Waals surface area contributed by atoms with E-state index in [1.165, 1.54) is 0 Å². The SMILES string of the molecule is CNCCON=c1c2ccccc2c2nn(C)nc2c2ccccc12. The van der Waals surface area contributed by atoms with Gasteiger partial charge < -0.3 is 10.2 Å². The minimum absolute atomic E-state index is 0.509. The molecule has 1 N–H and O–H groups in total. The summed E-state index contributed by atoms with van der Waals surface area (Å²) < 4.78 is 0. The van der Waals surface area contributed by atoms with E-state index < -0.39 is 0 Å². The number of aryl methyl sites for hydroxylation is 1. The highest BCUT2D eigenvalue weighted by Crippen LogP contribution is 2.25. The molecule has 1 aromatic heterocycles. The first-order valence-corrected chi connectivity index (χ1v) is 8.25. The Morgan fingerprint density at radius 2 is 1.44 bits per heavy atom. The number of benzene rings is 2. The van der Waals surface area contributed by atoms with Crippen LogP contribution in [-0.4, -0.2) is 35.2 Å². The first-order chi connectivity index (χ1) is 12.3. The molecule has 0 aliphatic rings. The number of hydrogen-bond acceptors (Lipinski definition) is 5. The molecule has 25 heavy (non-hydrogen) atoms. The Hall–Kier alpha value is -2.99. The number of aromatic nitrogens is 3. The number of rotatable bonds is 4. The van der Waals surface area contributed by atoms with Crippen molar-refractivity contribution in [3.05, 3.63) is 53.9 Å². The molecule has 0 spiro atoms. The first-order valence-electron chi connectivity index (χ1n) is 8.25. The van der Waals surface area contributed by atoms with Crippen LogP contribution >= 0.6 is 0 Å². The highest BCUT2D eigenvalue weighted by molar-refractivity contribution is 6.13. The number of hydrogen-bond donors (Lipinski definition) is 1. The Balaban J connectivity index is 2.19. The quantitative estimate of drug-likeness (QED) is 0.460. The van der Waals surface area contributed by atoms with Crippen molar-refractivity contribution in [3.63, 3.8) is 0 Å². The van der Waals surface area contributed by atoms with Gasteiger partial charge in [0.05, 0.1) is 0 Å². The van der Waals surface area contributed by atoms with Crippen LogP contribution in [0.2, 0.25) is 0 Å². The lowest BCUT2D eigenvalue weighted by Crippen LogP contribution is -2.14. The van der Waals surface area contributed by atoms with Gasteiger partial charge in [0.15, 0.2) is 0 Å². The van der Waals surface area contributed by atoms with Crippen molar-refractivity contribution < 1.29 is 4.84 Å². The Morgan fingerprint density at radius 1 is 0.920 bits per heavy atom. The second-order valence-corrected chi connectivity index (χ2v) is 5.85. The molecule has 0 bridgehead atoms. The maximum absolute atomic E-state index is 5.56. The van der Waals surface area contributed by atoms with Crippen LogP contribution in [0, 0.1) is 0 Å². The summed E-state index contributed by atoms with van der Waals surface area (Å²) in [7, 11) is 3.73. The van der Waals surface area contributed by atoms with E-state index in [1.807, 2.05) is 38.4 Å². The molecule has 0 fully saturated rings. The smallest absolute Gasteiger partial charge is 0.129 e. The minimum Gasteiger partial charge on any atom is -0.394 e. The maximum atomic E-state index is 5.56. The second-order valence-electron chi connectivity index (χ2n) is 5.85. The number of nitrogens with one attached hydrogen (secondary N) is 1. The zero-order valence-corrected chi connectivity index (χ0v) is 14.2. The largest absolute Gasteiger partial charge is 0.394 e. The molecule has 6 nitrogen and oxygen atoms in total. The molecule has 0 radical (unpaired) electrons. The van der Waals surface area contributed by atoms with Crippen LogP contribution in [-0.2, 0) is 11.9 Å². The van der Waals surface area contributed by atoms with Crippen LogP contribution in [0.3, 0.4) is 0 Å². The van der Waals surface area contributed by atoms with Crippen molar-refractivity contribution in [2.24, 2.45) is 12.2 Å². The average molecular weight is 333 g/mol. The molecule has 0 amide bonds. The fourth-order valence-corrected chi connectivity index (χ4v) is 3.06. The third-order valence-corrected chi connectivity index (χ3v) is 4.19. The lowest BCUT2D eigenvalue weighted by atomic mass is 10.1. The van der Waals surface area contributed by atoms with Gasteiger partial charge >= 0.3 is 0 Å². The van der Waals surface area contributed by atoms with Gasteiger partial charge in [-0.15, -0.1) is 0 Å². The molecule has 4 rings (SSSR count). The van der Waals surface area contributed by atoms with E-state index in [0.717, 1.165) is 44.5 Å². The molecule has 126 valence electrons. The predicted molar refractivity (Wildman–Crippen MR) is 99.0 cm³/mol. The monoisotopic (exact) mass is 333 g/mol. The summed E-state index contributed by atoms with van der Waals surface area (Å²) in [6.07, 6.45) is 0. The third kappa shape index (κ3) is 2.70. The van der Waals surface area contributed by atoms with Gasteiger partial charge in [0, 0.05) is 35.1 Å². The van der Waals surface area contributed by atoms with Gasteiger partial charge in [-0.2, -0.15) is 15.0 Å². The molecule has 0 unspecified atom stereocenters. The molecule has 4 aromatic rings. The van der Waals surface area contributed by atoms with Crippen LogP contribution in [0.5, 0.6) is 0 Å². The van der Waals surface area contributed by atoms with E-state index in [4.69, 9.17) is 4.84 Å². The molecule has 0 saturated carbocycles. The van der Waals surface area contributed by atoms with Crippen molar-refractivity contribution in [1.82, 2.24) is 20.3 Å². The van der Waals surface area contributed by atoms with Crippen molar-refractivity contribution >= 4 is 32.6 Å². The Morgan fingerprint density at radius 3 is 1.96 bits per heavy atom. The lowest BCUT2D eigenvalue weighted by molar-refractivity contribution is 0.138. The molecular weight excluding hydrogens is 314 g/mol. The average Bonchev–Trinajstić information content (AvgIpc) is 2.99. The van der Waals surface area contributed by atoms with Crippen LogP contribution in [0.15, 0.2) is 53.7 Å². The Labute approximate surface area is 144 Å². The Bertz CT molecular complexity index is 1050. The predicted octanol–water partition coefficient (Wildman–Crippen LogP) is 2.33. The number of fused-ring (bicyclic) bond motifs is 5. The van der Waals surface area contributed by atoms with E-state index in [9.17, 15) is 0 Å². The van der Waals surface area contributed by atoms with Crippen LogP contribution in [0.1, 0.15) is 0 Å². The summed E-state index contributed by atoms with van der Waals surface area (Å²) in [4.78, 5) is 7.18. The van der Waals surface area contributed by atoms with Gasteiger partial charge in [-0.25, -0.2) is 0 Å². The van der Waals surface area contributed by atoms with Gasteiger partial charge in [0.2, 0.25) is 0 Å². The van der Waals surface area contributed by atoms with Gasteiger partial charge in [-0.3, -0.25) is 0 Å². The molecule has 3 aromatic carbocycles. The number of likely N-dealkylation sites (N-methyl/N-ethyl adjacent to an activating group) is 1. The topological polar surface area (TPSA) is 64.3 Å². The van der Waals surface area contributed by atoms with Crippen molar-refractivity contribution in [1.29, 1.82) is 0 Å². The van der Waals surface area contributed by atoms with E-state index in [0.29, 0.717) is 6.61 Å². The molecule has 0 saturated heterocycles. The van der Waals surface area contributed by atoms with E-state index >= 15 is 0 Å². The fourth-order valence-electron chi connectivity index (χ4n) is 3.06. The molecule has 0 atom stereocenters. The van der Waals surface area contributed by atoms with Gasteiger partial charge in [-0.05, 0) is 7.05 Å². The minimum atomic E-state index is 0.509. The summed E-state index contributed by atoms with van der Waals surface area (Å²) >= 11 is 0. The van der Waals surface area contributed by atoms with Gasteiger partial charge in [0.1, 0.15) is 23.0 Å². The zero-order valence-electron chi connectivity index (χ0n) is 14.2. The zero-order chi connectivity index (χ0) is 17.2. The number of nitrogens with zero attached hydrogens (tertiary/aromatic N) is 4. The molecule has 0 aliphatic carbocycles. The highest BCUT2D eigenvalue weighted by atomic mass is 16.6. The summed E-state index contributed by atoms with van der Waals surface area (Å²) in [5.74, 6) is 0. The van der Waals surface area contributed by atoms with Crippen LogP contribution in [0.4, 0.5) is 0 Å². The summed E-state index contributed by atoms with van der Waals surface area (Å²) in [5, 5.41) is 21.5. The highest BCUT2D eigenvalue weighted by Gasteiger charge is 2.11. The fraction of sp³-hybridized carbons (Fsp3) is 0.211. The normalized spacial score (nSPS) is 11.3. The second kappa shape index (κ2) is 6.49.